The molecule has 0 atom stereocenters. The van der Waals surface area contributed by atoms with E-state index in [9.17, 15) is 9.59 Å². The molecule has 22 heavy (non-hydrogen) atoms. The summed E-state index contributed by atoms with van der Waals surface area (Å²) in [6, 6.07) is 0. The molecule has 0 aromatic carbocycles. The van der Waals surface area contributed by atoms with E-state index < -0.39 is 0 Å². The molecule has 0 aromatic rings. The largest absolute Gasteiger partial charge is 0.394 e. The molecule has 0 aromatic heterocycles. The lowest BCUT2D eigenvalue weighted by atomic mass is 10.2. The Hall–Kier alpha value is -1.40. The van der Waals surface area contributed by atoms with Gasteiger partial charge in [-0.3, -0.25) is 0 Å². The molecule has 8 heteroatoms. The van der Waals surface area contributed by atoms with E-state index in [0.717, 1.165) is 25.7 Å². The van der Waals surface area contributed by atoms with Crippen molar-refractivity contribution in [3.63, 3.8) is 0 Å². The summed E-state index contributed by atoms with van der Waals surface area (Å²) in [6.07, 6.45) is 6.80. The van der Waals surface area contributed by atoms with Crippen LogP contribution in [-0.4, -0.2) is 75.1 Å². The quantitative estimate of drug-likeness (QED) is 0.269. The first-order chi connectivity index (χ1) is 10.8. The third-order valence-corrected chi connectivity index (χ3v) is 2.26. The number of hydrogen-bond acceptors (Lipinski definition) is 8. The van der Waals surface area contributed by atoms with Gasteiger partial charge in [0.05, 0.1) is 52.7 Å². The highest BCUT2D eigenvalue weighted by Gasteiger charge is 1.88. The van der Waals surface area contributed by atoms with Crippen molar-refractivity contribution >= 4 is 12.2 Å². The smallest absolute Gasteiger partial charge is 0.234 e. The maximum absolute atomic E-state index is 9.63. The predicted octanol–water partition coefficient (Wildman–Crippen LogP) is 0.223. The summed E-state index contributed by atoms with van der Waals surface area (Å²) in [5.41, 5.74) is 0. The minimum absolute atomic E-state index is 0.0417. The van der Waals surface area contributed by atoms with Crippen molar-refractivity contribution in [1.82, 2.24) is 0 Å². The first-order valence-electron chi connectivity index (χ1n) is 7.28. The summed E-state index contributed by atoms with van der Waals surface area (Å²) in [6.45, 7) is 2.84. The lowest BCUT2D eigenvalue weighted by molar-refractivity contribution is 0.0222. The summed E-state index contributed by atoms with van der Waals surface area (Å²) in [5, 5.41) is 16.5. The maximum Gasteiger partial charge on any atom is 0.234 e. The van der Waals surface area contributed by atoms with Gasteiger partial charge >= 0.3 is 0 Å². The molecule has 0 radical (unpaired) electrons. The standard InChI is InChI=1S/C8H12N2O2.C6H14O4/c11-7-9-5-3-1-2-4-6-10-8-12;7-1-3-9-5-6-10-4-2-8/h1-6H2;7-8H,1-6H2. The first kappa shape index (κ1) is 22.9. The molecule has 2 N–H and O–H groups in total. The van der Waals surface area contributed by atoms with Crippen molar-refractivity contribution in [2.24, 2.45) is 9.98 Å². The highest BCUT2D eigenvalue weighted by molar-refractivity contribution is 5.32. The molecule has 0 rings (SSSR count). The van der Waals surface area contributed by atoms with Crippen LogP contribution in [0.15, 0.2) is 9.98 Å². The summed E-state index contributed by atoms with van der Waals surface area (Å²) in [7, 11) is 0. The molecule has 0 saturated heterocycles. The van der Waals surface area contributed by atoms with Crippen molar-refractivity contribution in [3.8, 4) is 0 Å². The molecule has 0 amide bonds. The number of isocyanates is 2. The average Bonchev–Trinajstić information content (AvgIpc) is 2.54. The zero-order valence-electron chi connectivity index (χ0n) is 12.9. The second kappa shape index (κ2) is 24.6. The van der Waals surface area contributed by atoms with Crippen LogP contribution in [0.5, 0.6) is 0 Å². The zero-order valence-corrected chi connectivity index (χ0v) is 12.9. The van der Waals surface area contributed by atoms with Crippen LogP contribution in [0.4, 0.5) is 0 Å². The zero-order chi connectivity index (χ0) is 16.7. The van der Waals surface area contributed by atoms with Crippen LogP contribution in [0, 0.1) is 0 Å². The first-order valence-corrected chi connectivity index (χ1v) is 7.28. The highest BCUT2D eigenvalue weighted by Crippen LogP contribution is 1.99. The SMILES string of the molecule is O=C=NCCCCCCN=C=O.OCCOCCOCCO. The number of aliphatic hydroxyl groups excluding tert-OH is 2. The Bertz CT molecular complexity index is 272. The van der Waals surface area contributed by atoms with Gasteiger partial charge < -0.3 is 19.7 Å². The van der Waals surface area contributed by atoms with Gasteiger partial charge in [0, 0.05) is 0 Å². The average molecular weight is 318 g/mol. The molecule has 0 spiro atoms. The van der Waals surface area contributed by atoms with Crippen LogP contribution < -0.4 is 0 Å². The van der Waals surface area contributed by atoms with Crippen LogP contribution in [0.25, 0.3) is 0 Å². The fourth-order valence-electron chi connectivity index (χ4n) is 1.28. The van der Waals surface area contributed by atoms with E-state index in [1.165, 1.54) is 12.2 Å². The van der Waals surface area contributed by atoms with Gasteiger partial charge in [-0.2, -0.15) is 0 Å². The van der Waals surface area contributed by atoms with Crippen molar-refractivity contribution in [2.45, 2.75) is 25.7 Å². The number of nitrogens with zero attached hydrogens (tertiary/aromatic N) is 2. The van der Waals surface area contributed by atoms with Gasteiger partial charge in [-0.05, 0) is 12.8 Å². The molecule has 0 unspecified atom stereocenters. The van der Waals surface area contributed by atoms with E-state index in [0.29, 0.717) is 39.5 Å². The van der Waals surface area contributed by atoms with Crippen molar-refractivity contribution in [3.05, 3.63) is 0 Å². The Kier molecular flexibility index (Phi) is 25.6. The van der Waals surface area contributed by atoms with E-state index in [-0.39, 0.29) is 13.2 Å². The number of carbonyl (C=O) groups excluding carboxylic acids is 2. The van der Waals surface area contributed by atoms with Gasteiger partial charge in [0.2, 0.25) is 12.2 Å². The summed E-state index contributed by atoms with van der Waals surface area (Å²) < 4.78 is 9.75. The van der Waals surface area contributed by atoms with Crippen molar-refractivity contribution < 1.29 is 29.3 Å². The molecule has 8 nitrogen and oxygen atoms in total. The molecule has 0 aliphatic heterocycles. The number of ether oxygens (including phenoxy) is 2. The number of unbranched alkanes of at least 4 members (excludes halogenated alkanes) is 3. The van der Waals surface area contributed by atoms with Gasteiger partial charge in [-0.15, -0.1) is 0 Å². The lowest BCUT2D eigenvalue weighted by Gasteiger charge is -2.01. The number of aliphatic imine (C=N–C) groups is 2. The van der Waals surface area contributed by atoms with Crippen LogP contribution in [0.2, 0.25) is 0 Å². The van der Waals surface area contributed by atoms with Crippen LogP contribution in [0.3, 0.4) is 0 Å². The van der Waals surface area contributed by atoms with E-state index >= 15 is 0 Å². The number of rotatable bonds is 14. The van der Waals surface area contributed by atoms with Crippen LogP contribution in [-0.2, 0) is 19.1 Å². The summed E-state index contributed by atoms with van der Waals surface area (Å²) in [4.78, 5) is 26.1. The van der Waals surface area contributed by atoms with Crippen LogP contribution in [0.1, 0.15) is 25.7 Å². The Morgan fingerprint density at radius 2 is 1.09 bits per heavy atom. The Morgan fingerprint density at radius 1 is 0.682 bits per heavy atom. The molecule has 128 valence electrons. The summed E-state index contributed by atoms with van der Waals surface area (Å²) >= 11 is 0. The van der Waals surface area contributed by atoms with Crippen molar-refractivity contribution in [2.75, 3.05) is 52.7 Å². The molecule has 0 fully saturated rings. The minimum Gasteiger partial charge on any atom is -0.394 e. The van der Waals surface area contributed by atoms with Gasteiger partial charge in [0.15, 0.2) is 0 Å². The molecular weight excluding hydrogens is 292 g/mol. The third kappa shape index (κ3) is 27.0. The monoisotopic (exact) mass is 318 g/mol. The number of hydrogen-bond donors (Lipinski definition) is 2. The highest BCUT2D eigenvalue weighted by atomic mass is 16.5. The van der Waals surface area contributed by atoms with Crippen molar-refractivity contribution in [1.29, 1.82) is 0 Å². The van der Waals surface area contributed by atoms with E-state index in [1.807, 2.05) is 0 Å². The maximum atomic E-state index is 9.63. The molecule has 0 heterocycles. The van der Waals surface area contributed by atoms with E-state index in [1.54, 1.807) is 0 Å². The Balaban J connectivity index is 0. The van der Waals surface area contributed by atoms with Gasteiger partial charge in [0.25, 0.3) is 0 Å². The minimum atomic E-state index is 0.0417. The van der Waals surface area contributed by atoms with Crippen LogP contribution >= 0.6 is 0 Å². The lowest BCUT2D eigenvalue weighted by Crippen LogP contribution is -2.09. The summed E-state index contributed by atoms with van der Waals surface area (Å²) in [5.74, 6) is 0. The van der Waals surface area contributed by atoms with Gasteiger partial charge in [-0.25, -0.2) is 19.6 Å². The Morgan fingerprint density at radius 3 is 1.41 bits per heavy atom. The van der Waals surface area contributed by atoms with E-state index in [4.69, 9.17) is 19.7 Å². The fourth-order valence-corrected chi connectivity index (χ4v) is 1.28. The third-order valence-electron chi connectivity index (χ3n) is 2.26. The van der Waals surface area contributed by atoms with Gasteiger partial charge in [0.1, 0.15) is 0 Å². The number of aliphatic hydroxyl groups is 2. The second-order valence-corrected chi connectivity index (χ2v) is 4.03. The fraction of sp³-hybridized carbons (Fsp3) is 0.857. The molecular formula is C14H26N2O6. The predicted molar refractivity (Wildman–Crippen MR) is 80.3 cm³/mol. The molecule has 0 saturated carbocycles. The van der Waals surface area contributed by atoms with E-state index in [2.05, 4.69) is 9.98 Å². The Labute approximate surface area is 130 Å². The van der Waals surface area contributed by atoms with Gasteiger partial charge in [-0.1, -0.05) is 12.8 Å². The topological polar surface area (TPSA) is 118 Å². The molecule has 0 bridgehead atoms. The molecule has 0 aliphatic carbocycles. The second-order valence-electron chi connectivity index (χ2n) is 4.03. The molecule has 0 aliphatic rings. The normalized spacial score (nSPS) is 9.18.